The minimum atomic E-state index is -0.769. The van der Waals surface area contributed by atoms with Crippen LogP contribution in [0.4, 0.5) is 0 Å². The van der Waals surface area contributed by atoms with E-state index in [1.165, 1.54) is 6.33 Å². The van der Waals surface area contributed by atoms with Gasteiger partial charge >= 0.3 is 0 Å². The molecule has 1 aromatic carbocycles. The average molecular weight is 296 g/mol. The molecule has 6 nitrogen and oxygen atoms in total. The molecule has 0 spiro atoms. The van der Waals surface area contributed by atoms with Gasteiger partial charge in [-0.25, -0.2) is 9.67 Å². The molecule has 2 aromatic rings. The Balaban J connectivity index is 1.62. The van der Waals surface area contributed by atoms with Crippen LogP contribution in [0.5, 0.6) is 0 Å². The van der Waals surface area contributed by atoms with Crippen LogP contribution in [-0.2, 0) is 16.0 Å². The van der Waals surface area contributed by atoms with Crippen molar-refractivity contribution in [3.8, 4) is 0 Å². The molecule has 2 heterocycles. The number of halogens is 1. The quantitative estimate of drug-likeness (QED) is 0.923. The fourth-order valence-corrected chi connectivity index (χ4v) is 2.32. The zero-order chi connectivity index (χ0) is 13.9. The van der Waals surface area contributed by atoms with E-state index >= 15 is 0 Å². The molecule has 3 unspecified atom stereocenters. The fourth-order valence-electron chi connectivity index (χ4n) is 2.12. The lowest BCUT2D eigenvalue weighted by Gasteiger charge is -2.17. The molecule has 7 heteroatoms. The molecular weight excluding hydrogens is 282 g/mol. The first kappa shape index (κ1) is 13.5. The monoisotopic (exact) mass is 295 g/mol. The van der Waals surface area contributed by atoms with Crippen molar-refractivity contribution in [1.29, 1.82) is 0 Å². The van der Waals surface area contributed by atoms with Gasteiger partial charge in [-0.05, 0) is 17.7 Å². The van der Waals surface area contributed by atoms with E-state index in [1.807, 2.05) is 6.07 Å². The second-order valence-corrected chi connectivity index (χ2v) is 4.99. The number of rotatable bonds is 4. The predicted octanol–water partition coefficient (Wildman–Crippen LogP) is 1.41. The predicted molar refractivity (Wildman–Crippen MR) is 71.0 cm³/mol. The molecule has 0 saturated carbocycles. The number of nitrogens with zero attached hydrogens (tertiary/aromatic N) is 3. The van der Waals surface area contributed by atoms with Crippen molar-refractivity contribution < 1.29 is 14.6 Å². The maximum atomic E-state index is 10.3. The Morgan fingerprint density at radius 3 is 3.15 bits per heavy atom. The first-order valence-electron chi connectivity index (χ1n) is 6.25. The van der Waals surface area contributed by atoms with Crippen LogP contribution in [0, 0.1) is 0 Å². The summed E-state index contributed by atoms with van der Waals surface area (Å²) in [6.07, 6.45) is 1.42. The van der Waals surface area contributed by atoms with Crippen LogP contribution >= 0.6 is 11.6 Å². The number of aromatic nitrogens is 3. The fraction of sp³-hybridized carbons (Fsp3) is 0.385. The molecule has 0 aliphatic carbocycles. The van der Waals surface area contributed by atoms with Crippen molar-refractivity contribution in [3.05, 3.63) is 47.5 Å². The van der Waals surface area contributed by atoms with Gasteiger partial charge in [0.05, 0.1) is 13.2 Å². The number of benzene rings is 1. The third-order valence-corrected chi connectivity index (χ3v) is 3.35. The summed E-state index contributed by atoms with van der Waals surface area (Å²) in [6.45, 7) is 0.770. The van der Waals surface area contributed by atoms with E-state index in [0.29, 0.717) is 23.7 Å². The summed E-state index contributed by atoms with van der Waals surface area (Å²) in [6, 6.07) is 7.09. The maximum absolute atomic E-state index is 10.3. The van der Waals surface area contributed by atoms with Gasteiger partial charge in [-0.15, -0.1) is 0 Å². The maximum Gasteiger partial charge on any atom is 0.177 e. The van der Waals surface area contributed by atoms with Crippen molar-refractivity contribution in [2.75, 3.05) is 6.61 Å². The van der Waals surface area contributed by atoms with Gasteiger partial charge in [-0.1, -0.05) is 23.7 Å². The summed E-state index contributed by atoms with van der Waals surface area (Å²) >= 11 is 5.92. The van der Waals surface area contributed by atoms with Gasteiger partial charge in [0.25, 0.3) is 0 Å². The van der Waals surface area contributed by atoms with Crippen LogP contribution in [0.1, 0.15) is 11.7 Å². The highest BCUT2D eigenvalue weighted by Gasteiger charge is 2.32. The first-order chi connectivity index (χ1) is 9.72. The smallest absolute Gasteiger partial charge is 0.177 e. The molecule has 1 aliphatic rings. The summed E-state index contributed by atoms with van der Waals surface area (Å²) in [7, 11) is 0. The SMILES string of the molecule is OC(c1cccc(Cl)c1)C1COC(Cn2cncn2)O1. The summed E-state index contributed by atoms with van der Waals surface area (Å²) in [5.41, 5.74) is 0.715. The van der Waals surface area contributed by atoms with Gasteiger partial charge < -0.3 is 14.6 Å². The van der Waals surface area contributed by atoms with E-state index in [0.717, 1.165) is 0 Å². The second kappa shape index (κ2) is 5.88. The molecular formula is C13H14ClN3O3. The van der Waals surface area contributed by atoms with E-state index in [1.54, 1.807) is 29.2 Å². The Morgan fingerprint density at radius 2 is 2.40 bits per heavy atom. The Hall–Kier alpha value is -1.47. The van der Waals surface area contributed by atoms with Crippen molar-refractivity contribution in [1.82, 2.24) is 14.8 Å². The van der Waals surface area contributed by atoms with Gasteiger partial charge in [0.2, 0.25) is 0 Å². The molecule has 3 atom stereocenters. The summed E-state index contributed by atoms with van der Waals surface area (Å²) < 4.78 is 12.8. The van der Waals surface area contributed by atoms with E-state index in [9.17, 15) is 5.11 Å². The van der Waals surface area contributed by atoms with Gasteiger partial charge in [0.1, 0.15) is 24.9 Å². The highest BCUT2D eigenvalue weighted by atomic mass is 35.5. The van der Waals surface area contributed by atoms with E-state index in [4.69, 9.17) is 21.1 Å². The lowest BCUT2D eigenvalue weighted by molar-refractivity contribution is -0.0904. The molecule has 1 aromatic heterocycles. The largest absolute Gasteiger partial charge is 0.386 e. The Kier molecular flexibility index (Phi) is 3.98. The number of aliphatic hydroxyl groups is 1. The van der Waals surface area contributed by atoms with Crippen LogP contribution in [-0.4, -0.2) is 38.9 Å². The molecule has 1 aliphatic heterocycles. The molecule has 106 valence electrons. The summed E-state index contributed by atoms with van der Waals surface area (Å²) in [5.74, 6) is 0. The van der Waals surface area contributed by atoms with Gasteiger partial charge in [0, 0.05) is 5.02 Å². The Morgan fingerprint density at radius 1 is 1.50 bits per heavy atom. The zero-order valence-electron chi connectivity index (χ0n) is 10.6. The van der Waals surface area contributed by atoms with Gasteiger partial charge in [-0.2, -0.15) is 5.10 Å². The highest BCUT2D eigenvalue weighted by Crippen LogP contribution is 2.27. The van der Waals surface area contributed by atoms with Crippen molar-refractivity contribution in [2.45, 2.75) is 25.0 Å². The third kappa shape index (κ3) is 2.99. The third-order valence-electron chi connectivity index (χ3n) is 3.12. The minimum Gasteiger partial charge on any atom is -0.386 e. The van der Waals surface area contributed by atoms with E-state index in [2.05, 4.69) is 10.1 Å². The average Bonchev–Trinajstić information content (AvgIpc) is 3.10. The first-order valence-corrected chi connectivity index (χ1v) is 6.63. The minimum absolute atomic E-state index is 0.326. The van der Waals surface area contributed by atoms with Crippen molar-refractivity contribution in [2.24, 2.45) is 0 Å². The van der Waals surface area contributed by atoms with E-state index in [-0.39, 0.29) is 0 Å². The molecule has 0 radical (unpaired) electrons. The van der Waals surface area contributed by atoms with Gasteiger partial charge in [-0.3, -0.25) is 0 Å². The van der Waals surface area contributed by atoms with Crippen molar-refractivity contribution in [3.63, 3.8) is 0 Å². The number of hydrogen-bond acceptors (Lipinski definition) is 5. The standard InChI is InChI=1S/C13H14ClN3O3/c14-10-3-1-2-9(4-10)13(18)11-6-19-12(20-11)5-17-8-15-7-16-17/h1-4,7-8,11-13,18H,5-6H2. The zero-order valence-corrected chi connectivity index (χ0v) is 11.3. The van der Waals surface area contributed by atoms with Crippen LogP contribution < -0.4 is 0 Å². The van der Waals surface area contributed by atoms with Crippen LogP contribution in [0.3, 0.4) is 0 Å². The van der Waals surface area contributed by atoms with Crippen LogP contribution in [0.15, 0.2) is 36.9 Å². The number of hydrogen-bond donors (Lipinski definition) is 1. The molecule has 0 bridgehead atoms. The number of ether oxygens (including phenoxy) is 2. The lowest BCUT2D eigenvalue weighted by Crippen LogP contribution is -2.23. The summed E-state index contributed by atoms with van der Waals surface area (Å²) in [4.78, 5) is 3.85. The summed E-state index contributed by atoms with van der Waals surface area (Å²) in [5, 5.41) is 14.9. The molecule has 20 heavy (non-hydrogen) atoms. The van der Waals surface area contributed by atoms with Crippen LogP contribution in [0.2, 0.25) is 5.02 Å². The topological polar surface area (TPSA) is 69.4 Å². The van der Waals surface area contributed by atoms with Crippen LogP contribution in [0.25, 0.3) is 0 Å². The van der Waals surface area contributed by atoms with E-state index < -0.39 is 18.5 Å². The lowest BCUT2D eigenvalue weighted by atomic mass is 10.1. The Bertz CT molecular complexity index is 564. The molecule has 0 amide bonds. The second-order valence-electron chi connectivity index (χ2n) is 4.55. The molecule has 1 fully saturated rings. The Labute approximate surface area is 120 Å². The highest BCUT2D eigenvalue weighted by molar-refractivity contribution is 6.30. The molecule has 3 rings (SSSR count). The normalized spacial score (nSPS) is 23.9. The molecule has 1 saturated heterocycles. The molecule has 1 N–H and O–H groups in total. The van der Waals surface area contributed by atoms with Gasteiger partial charge in [0.15, 0.2) is 6.29 Å². The number of aliphatic hydroxyl groups excluding tert-OH is 1. The van der Waals surface area contributed by atoms with Crippen molar-refractivity contribution >= 4 is 11.6 Å².